The van der Waals surface area contributed by atoms with Gasteiger partial charge in [0.2, 0.25) is 0 Å². The molecule has 1 aliphatic rings. The fourth-order valence-electron chi connectivity index (χ4n) is 3.51. The minimum absolute atomic E-state index is 0.141. The van der Waals surface area contributed by atoms with Gasteiger partial charge in [-0.1, -0.05) is 44.4 Å². The zero-order valence-corrected chi connectivity index (χ0v) is 12.4. The molecule has 0 bridgehead atoms. The van der Waals surface area contributed by atoms with Gasteiger partial charge in [0.15, 0.2) is 0 Å². The van der Waals surface area contributed by atoms with Gasteiger partial charge in [0, 0.05) is 17.1 Å². The molecule has 2 aromatic rings. The Balaban J connectivity index is 2.03. The Morgan fingerprint density at radius 2 is 2.10 bits per heavy atom. The van der Waals surface area contributed by atoms with Crippen molar-refractivity contribution in [3.63, 3.8) is 0 Å². The first-order valence-corrected chi connectivity index (χ1v) is 7.94. The molecule has 20 heavy (non-hydrogen) atoms. The van der Waals surface area contributed by atoms with Crippen molar-refractivity contribution in [1.29, 1.82) is 0 Å². The molecular weight excluding hydrogens is 244 g/mol. The van der Waals surface area contributed by atoms with E-state index in [-0.39, 0.29) is 5.54 Å². The molecule has 106 valence electrons. The first kappa shape index (κ1) is 13.6. The minimum atomic E-state index is 0.141. The van der Waals surface area contributed by atoms with Gasteiger partial charge in [-0.25, -0.2) is 0 Å². The highest BCUT2D eigenvalue weighted by molar-refractivity contribution is 5.79. The van der Waals surface area contributed by atoms with Crippen LogP contribution in [-0.2, 0) is 5.54 Å². The van der Waals surface area contributed by atoms with E-state index in [2.05, 4.69) is 53.8 Å². The van der Waals surface area contributed by atoms with E-state index in [1.54, 1.807) is 0 Å². The van der Waals surface area contributed by atoms with Crippen molar-refractivity contribution in [3.8, 4) is 0 Å². The summed E-state index contributed by atoms with van der Waals surface area (Å²) in [6.45, 7) is 3.41. The third-order valence-corrected chi connectivity index (χ3v) is 4.56. The number of hydrogen-bond donors (Lipinski definition) is 1. The van der Waals surface area contributed by atoms with Gasteiger partial charge < -0.3 is 5.32 Å². The Kier molecular flexibility index (Phi) is 4.02. The molecule has 0 radical (unpaired) electrons. The lowest BCUT2D eigenvalue weighted by atomic mass is 9.82. The van der Waals surface area contributed by atoms with Crippen LogP contribution in [0.3, 0.4) is 0 Å². The maximum absolute atomic E-state index is 4.67. The lowest BCUT2D eigenvalue weighted by molar-refractivity contribution is 0.297. The summed E-state index contributed by atoms with van der Waals surface area (Å²) in [6.07, 6.45) is 9.70. The first-order valence-electron chi connectivity index (χ1n) is 7.94. The van der Waals surface area contributed by atoms with E-state index in [4.69, 9.17) is 0 Å². The highest BCUT2D eigenvalue weighted by Crippen LogP contribution is 2.35. The summed E-state index contributed by atoms with van der Waals surface area (Å²) in [6, 6.07) is 10.8. The molecule has 1 N–H and O–H groups in total. The molecule has 3 rings (SSSR count). The number of para-hydroxylation sites is 1. The van der Waals surface area contributed by atoms with E-state index < -0.39 is 0 Å². The molecule has 1 atom stereocenters. The number of nitrogens with one attached hydrogen (secondary N) is 1. The first-order chi connectivity index (χ1) is 9.84. The largest absolute Gasteiger partial charge is 0.307 e. The average Bonchev–Trinajstić information content (AvgIpc) is 2.74. The van der Waals surface area contributed by atoms with Crippen LogP contribution in [0.2, 0.25) is 0 Å². The van der Waals surface area contributed by atoms with Crippen LogP contribution in [0.1, 0.15) is 51.0 Å². The van der Waals surface area contributed by atoms with E-state index in [1.807, 2.05) is 0 Å². The average molecular weight is 268 g/mol. The van der Waals surface area contributed by atoms with Crippen molar-refractivity contribution in [2.75, 3.05) is 6.54 Å². The SMILES string of the molecule is CCCC1(c2cnc3ccccc3c2)CCCCCN1. The molecule has 1 unspecified atom stereocenters. The maximum Gasteiger partial charge on any atom is 0.0702 e. The maximum atomic E-state index is 4.67. The Labute approximate surface area is 121 Å². The zero-order chi connectivity index (χ0) is 13.8. The van der Waals surface area contributed by atoms with Gasteiger partial charge in [-0.3, -0.25) is 4.98 Å². The van der Waals surface area contributed by atoms with Crippen molar-refractivity contribution >= 4 is 10.9 Å². The summed E-state index contributed by atoms with van der Waals surface area (Å²) in [7, 11) is 0. The number of hydrogen-bond acceptors (Lipinski definition) is 2. The molecule has 2 heterocycles. The van der Waals surface area contributed by atoms with Crippen molar-refractivity contribution in [2.45, 2.75) is 51.0 Å². The molecule has 2 heteroatoms. The van der Waals surface area contributed by atoms with Crippen LogP contribution in [0.25, 0.3) is 10.9 Å². The second-order valence-corrected chi connectivity index (χ2v) is 5.99. The van der Waals surface area contributed by atoms with E-state index in [0.29, 0.717) is 0 Å². The molecule has 0 amide bonds. The molecule has 1 aliphatic heterocycles. The standard InChI is InChI=1S/C18H24N2/c1-2-10-18(11-6-3-7-12-20-18)16-13-15-8-4-5-9-17(15)19-14-16/h4-5,8-9,13-14,20H,2-3,6-7,10-12H2,1H3. The van der Waals surface area contributed by atoms with Gasteiger partial charge in [-0.05, 0) is 43.5 Å². The van der Waals surface area contributed by atoms with E-state index in [1.165, 1.54) is 49.5 Å². The molecule has 1 aromatic carbocycles. The summed E-state index contributed by atoms with van der Waals surface area (Å²) < 4.78 is 0. The molecular formula is C18H24N2. The predicted molar refractivity (Wildman–Crippen MR) is 84.8 cm³/mol. The summed E-state index contributed by atoms with van der Waals surface area (Å²) >= 11 is 0. The van der Waals surface area contributed by atoms with Gasteiger partial charge in [0.1, 0.15) is 0 Å². The highest BCUT2D eigenvalue weighted by Gasteiger charge is 2.31. The van der Waals surface area contributed by atoms with Gasteiger partial charge in [-0.15, -0.1) is 0 Å². The van der Waals surface area contributed by atoms with Crippen molar-refractivity contribution < 1.29 is 0 Å². The van der Waals surface area contributed by atoms with E-state index in [0.717, 1.165) is 12.1 Å². The lowest BCUT2D eigenvalue weighted by Crippen LogP contribution is -2.41. The molecule has 1 fully saturated rings. The summed E-state index contributed by atoms with van der Waals surface area (Å²) in [4.78, 5) is 4.67. The van der Waals surface area contributed by atoms with Crippen molar-refractivity contribution in [3.05, 3.63) is 42.1 Å². The molecule has 0 aliphatic carbocycles. The summed E-state index contributed by atoms with van der Waals surface area (Å²) in [5.41, 5.74) is 2.61. The second-order valence-electron chi connectivity index (χ2n) is 5.99. The van der Waals surface area contributed by atoms with Crippen LogP contribution < -0.4 is 5.32 Å². The third kappa shape index (κ3) is 2.57. The van der Waals surface area contributed by atoms with Gasteiger partial charge in [0.05, 0.1) is 5.52 Å². The Morgan fingerprint density at radius 3 is 3.00 bits per heavy atom. The van der Waals surface area contributed by atoms with E-state index >= 15 is 0 Å². The molecule has 0 spiro atoms. The molecule has 1 saturated heterocycles. The topological polar surface area (TPSA) is 24.9 Å². The van der Waals surface area contributed by atoms with Crippen LogP contribution in [0, 0.1) is 0 Å². The number of rotatable bonds is 3. The van der Waals surface area contributed by atoms with Gasteiger partial charge >= 0.3 is 0 Å². The van der Waals surface area contributed by atoms with E-state index in [9.17, 15) is 0 Å². The number of aromatic nitrogens is 1. The lowest BCUT2D eigenvalue weighted by Gasteiger charge is -2.34. The normalized spacial score (nSPS) is 23.6. The number of fused-ring (bicyclic) bond motifs is 1. The summed E-state index contributed by atoms with van der Waals surface area (Å²) in [5, 5.41) is 5.09. The van der Waals surface area contributed by atoms with Crippen LogP contribution >= 0.6 is 0 Å². The predicted octanol–water partition coefficient (Wildman–Crippen LogP) is 4.39. The zero-order valence-electron chi connectivity index (χ0n) is 12.4. The van der Waals surface area contributed by atoms with Gasteiger partial charge in [-0.2, -0.15) is 0 Å². The smallest absolute Gasteiger partial charge is 0.0702 e. The van der Waals surface area contributed by atoms with Crippen molar-refractivity contribution in [1.82, 2.24) is 10.3 Å². The van der Waals surface area contributed by atoms with Crippen LogP contribution in [-0.4, -0.2) is 11.5 Å². The monoisotopic (exact) mass is 268 g/mol. The van der Waals surface area contributed by atoms with Crippen LogP contribution in [0.4, 0.5) is 0 Å². The van der Waals surface area contributed by atoms with Crippen LogP contribution in [0.15, 0.2) is 36.5 Å². The Hall–Kier alpha value is -1.41. The highest BCUT2D eigenvalue weighted by atomic mass is 15.0. The third-order valence-electron chi connectivity index (χ3n) is 4.56. The molecule has 2 nitrogen and oxygen atoms in total. The number of nitrogens with zero attached hydrogens (tertiary/aromatic N) is 1. The fourth-order valence-corrected chi connectivity index (χ4v) is 3.51. The number of benzene rings is 1. The number of pyridine rings is 1. The Morgan fingerprint density at radius 1 is 1.20 bits per heavy atom. The second kappa shape index (κ2) is 5.92. The molecule has 0 saturated carbocycles. The van der Waals surface area contributed by atoms with Crippen LogP contribution in [0.5, 0.6) is 0 Å². The fraction of sp³-hybridized carbons (Fsp3) is 0.500. The summed E-state index contributed by atoms with van der Waals surface area (Å²) in [5.74, 6) is 0. The Bertz CT molecular complexity index is 568. The quantitative estimate of drug-likeness (QED) is 0.892. The van der Waals surface area contributed by atoms with Gasteiger partial charge in [0.25, 0.3) is 0 Å². The minimum Gasteiger partial charge on any atom is -0.307 e. The van der Waals surface area contributed by atoms with Crippen molar-refractivity contribution in [2.24, 2.45) is 0 Å². The molecule has 1 aromatic heterocycles.